The van der Waals surface area contributed by atoms with E-state index in [0.717, 1.165) is 95.8 Å². The number of carbonyl (C=O) groups excluding carboxylic acids is 5. The van der Waals surface area contributed by atoms with Gasteiger partial charge in [0.25, 0.3) is 0 Å². The third-order valence-electron chi connectivity index (χ3n) is 10.2. The average Bonchev–Trinajstić information content (AvgIpc) is 3.96. The summed E-state index contributed by atoms with van der Waals surface area (Å²) in [6.45, 7) is 40.8. The summed E-state index contributed by atoms with van der Waals surface area (Å²) in [7, 11) is 3.33. The average molecular weight is 911 g/mol. The minimum atomic E-state index is 0.0747. The van der Waals surface area contributed by atoms with Gasteiger partial charge in [-0.25, -0.2) is 0 Å². The van der Waals surface area contributed by atoms with Gasteiger partial charge in [-0.05, 0) is 90.3 Å². The fourth-order valence-electron chi connectivity index (χ4n) is 5.74. The second kappa shape index (κ2) is 38.1. The normalized spacial score (nSPS) is 12.9. The predicted octanol–water partition coefficient (Wildman–Crippen LogP) is 15.3. The van der Waals surface area contributed by atoms with Crippen LogP contribution in [0.5, 0.6) is 0 Å². The van der Waals surface area contributed by atoms with Gasteiger partial charge in [0.15, 0.2) is 0 Å². The van der Waals surface area contributed by atoms with Gasteiger partial charge < -0.3 is 14.8 Å². The van der Waals surface area contributed by atoms with Crippen LogP contribution in [0, 0.1) is 38.9 Å². The summed E-state index contributed by atoms with van der Waals surface area (Å²) in [4.78, 5) is 56.7. The van der Waals surface area contributed by atoms with Crippen molar-refractivity contribution in [3.05, 3.63) is 0 Å². The summed E-state index contributed by atoms with van der Waals surface area (Å²) in [6.07, 6.45) is 19.8. The zero-order chi connectivity index (χ0) is 50.6. The zero-order valence-corrected chi connectivity index (χ0v) is 46.5. The highest BCUT2D eigenvalue weighted by atomic mass is 16.5. The first-order valence-corrected chi connectivity index (χ1v) is 25.5. The van der Waals surface area contributed by atoms with Gasteiger partial charge in [-0.15, -0.1) is 0 Å². The number of nitrogens with one attached hydrogen (secondary N) is 1. The Morgan fingerprint density at radius 3 is 1.22 bits per heavy atom. The topological polar surface area (TPSA) is 116 Å². The molecule has 0 unspecified atom stereocenters. The van der Waals surface area contributed by atoms with Crippen LogP contribution < -0.4 is 5.32 Å². The molecule has 0 heterocycles. The van der Waals surface area contributed by atoms with Crippen LogP contribution >= 0.6 is 0 Å². The van der Waals surface area contributed by atoms with E-state index in [1.54, 1.807) is 14.2 Å². The Morgan fingerprint density at radius 2 is 0.875 bits per heavy atom. The second-order valence-corrected chi connectivity index (χ2v) is 25.0. The van der Waals surface area contributed by atoms with Crippen molar-refractivity contribution in [3.8, 4) is 0 Å². The quantitative estimate of drug-likeness (QED) is 0.0859. The first-order chi connectivity index (χ1) is 29.1. The Hall–Kier alpha value is -1.93. The molecule has 0 bridgehead atoms. The molecule has 0 aliphatic heterocycles. The lowest BCUT2D eigenvalue weighted by Crippen LogP contribution is -2.28. The van der Waals surface area contributed by atoms with Crippen molar-refractivity contribution in [1.29, 1.82) is 0 Å². The highest BCUT2D eigenvalue weighted by molar-refractivity contribution is 5.79. The van der Waals surface area contributed by atoms with Crippen molar-refractivity contribution >= 4 is 29.0 Å². The molecule has 8 heteroatoms. The van der Waals surface area contributed by atoms with Crippen LogP contribution in [0.3, 0.4) is 0 Å². The van der Waals surface area contributed by atoms with Gasteiger partial charge in [-0.2, -0.15) is 0 Å². The number of rotatable bonds is 26. The van der Waals surface area contributed by atoms with E-state index in [9.17, 15) is 24.0 Å². The maximum atomic E-state index is 11.4. The molecular formula is C56H111NO7. The predicted molar refractivity (Wildman–Crippen MR) is 275 cm³/mol. The second-order valence-electron chi connectivity index (χ2n) is 25.0. The summed E-state index contributed by atoms with van der Waals surface area (Å²) in [5, 5.41) is 2.86. The number of amides is 1. The van der Waals surface area contributed by atoms with Gasteiger partial charge in [-0.3, -0.25) is 24.0 Å². The maximum absolute atomic E-state index is 11.4. The highest BCUT2D eigenvalue weighted by Crippen LogP contribution is 2.34. The lowest BCUT2D eigenvalue weighted by molar-refractivity contribution is -0.123. The van der Waals surface area contributed by atoms with E-state index in [-0.39, 0.29) is 16.7 Å². The fraction of sp³-hybridized carbons (Fsp3) is 0.911. The van der Waals surface area contributed by atoms with Gasteiger partial charge in [0.2, 0.25) is 5.91 Å². The summed E-state index contributed by atoms with van der Waals surface area (Å²) >= 11 is 0. The number of Topliss-reactive ketones (excluding diaryl/α,β-unsaturated/α-hetero) is 4. The molecule has 1 fully saturated rings. The SMILES string of the molecule is CC(C)(C)CCC(=O)CCC1CC1.CC(C)CC(=O)CCC(C)(C)C.CCCCCC(=O)CCC(C)(C)C.COCCCC(=O)CCC(C)(C)C.COCCCNC(=O)CC(C)(C)C. The van der Waals surface area contributed by atoms with Crippen molar-refractivity contribution in [3.63, 3.8) is 0 Å². The lowest BCUT2D eigenvalue weighted by atomic mass is 9.88. The van der Waals surface area contributed by atoms with Crippen LogP contribution in [-0.2, 0) is 33.4 Å². The van der Waals surface area contributed by atoms with Crippen LogP contribution in [0.25, 0.3) is 0 Å². The van der Waals surface area contributed by atoms with Gasteiger partial charge in [0, 0.05) is 91.8 Å². The number of ketones is 4. The third kappa shape index (κ3) is 69.1. The summed E-state index contributed by atoms with van der Waals surface area (Å²) in [5.41, 5.74) is 1.27. The molecular weight excluding hydrogens is 799 g/mol. The smallest absolute Gasteiger partial charge is 0.220 e. The van der Waals surface area contributed by atoms with Gasteiger partial charge in [-0.1, -0.05) is 150 Å². The van der Waals surface area contributed by atoms with E-state index >= 15 is 0 Å². The zero-order valence-electron chi connectivity index (χ0n) is 46.5. The molecule has 0 spiro atoms. The number of ether oxygens (including phenoxy) is 2. The van der Waals surface area contributed by atoms with E-state index in [0.29, 0.717) is 84.3 Å². The summed E-state index contributed by atoms with van der Waals surface area (Å²) in [5.74, 6) is 3.25. The van der Waals surface area contributed by atoms with Crippen LogP contribution in [0.2, 0.25) is 0 Å². The Bertz CT molecular complexity index is 1150. The molecule has 64 heavy (non-hydrogen) atoms. The number of carbonyl (C=O) groups is 5. The van der Waals surface area contributed by atoms with E-state index < -0.39 is 0 Å². The summed E-state index contributed by atoms with van der Waals surface area (Å²) < 4.78 is 9.76. The molecule has 1 saturated carbocycles. The van der Waals surface area contributed by atoms with E-state index in [1.807, 2.05) is 0 Å². The molecule has 0 atom stereocenters. The van der Waals surface area contributed by atoms with E-state index in [2.05, 4.69) is 130 Å². The molecule has 1 rings (SSSR count). The van der Waals surface area contributed by atoms with Gasteiger partial charge in [0.05, 0.1) is 0 Å². The van der Waals surface area contributed by atoms with Crippen LogP contribution in [0.15, 0.2) is 0 Å². The number of hydrogen-bond acceptors (Lipinski definition) is 7. The number of hydrogen-bond donors (Lipinski definition) is 1. The van der Waals surface area contributed by atoms with Crippen LogP contribution in [0.1, 0.15) is 259 Å². The Morgan fingerprint density at radius 1 is 0.500 bits per heavy atom. The lowest BCUT2D eigenvalue weighted by Gasteiger charge is -2.17. The largest absolute Gasteiger partial charge is 0.385 e. The molecule has 1 amide bonds. The van der Waals surface area contributed by atoms with Crippen molar-refractivity contribution < 1.29 is 33.4 Å². The minimum absolute atomic E-state index is 0.0747. The Labute approximate surface area is 398 Å². The Balaban J connectivity index is -0.000000352. The van der Waals surface area contributed by atoms with Crippen molar-refractivity contribution in [2.24, 2.45) is 38.9 Å². The molecule has 0 aromatic rings. The van der Waals surface area contributed by atoms with Gasteiger partial charge >= 0.3 is 0 Å². The number of unbranched alkanes of at least 4 members (excludes halogenated alkanes) is 2. The fourth-order valence-corrected chi connectivity index (χ4v) is 5.74. The third-order valence-corrected chi connectivity index (χ3v) is 10.2. The molecule has 0 radical (unpaired) electrons. The standard InChI is InChI=1S/C12H22O.C12H24O.C11H22O2.C11H22O.C10H21NO2/c1-12(2,3)9-8-11(13)7-6-10-4-5-10;1-5-6-7-8-11(13)9-10-12(2,3)4;1-11(2,3)8-7-10(12)6-5-9-13-4;1-9(2)8-10(12)6-7-11(3,4)5;1-10(2,3)8-9(12)11-6-5-7-13-4/h10H,4-9H2,1-3H3;5-10H2,1-4H3;5-9H2,1-4H3;9H,6-8H2,1-5H3;5-8H2,1-4H3,(H,11,12). The van der Waals surface area contributed by atoms with Crippen molar-refractivity contribution in [2.45, 2.75) is 259 Å². The van der Waals surface area contributed by atoms with Crippen LogP contribution in [0.4, 0.5) is 0 Å². The molecule has 1 N–H and O–H groups in total. The van der Waals surface area contributed by atoms with Crippen LogP contribution in [-0.4, -0.2) is 63.0 Å². The minimum Gasteiger partial charge on any atom is -0.385 e. The van der Waals surface area contributed by atoms with Crippen molar-refractivity contribution in [2.75, 3.05) is 34.0 Å². The maximum Gasteiger partial charge on any atom is 0.220 e. The highest BCUT2D eigenvalue weighted by Gasteiger charge is 2.22. The molecule has 1 aliphatic rings. The molecule has 1 aliphatic carbocycles. The first kappa shape index (κ1) is 68.6. The summed E-state index contributed by atoms with van der Waals surface area (Å²) in [6, 6.07) is 0. The number of methoxy groups -OCH3 is 2. The Kier molecular flexibility index (Phi) is 40.8. The molecule has 0 aromatic heterocycles. The van der Waals surface area contributed by atoms with E-state index in [4.69, 9.17) is 9.47 Å². The molecule has 0 saturated heterocycles. The van der Waals surface area contributed by atoms with E-state index in [1.165, 1.54) is 25.7 Å². The van der Waals surface area contributed by atoms with Crippen molar-refractivity contribution in [1.82, 2.24) is 5.32 Å². The molecule has 382 valence electrons. The van der Waals surface area contributed by atoms with Gasteiger partial charge in [0.1, 0.15) is 23.1 Å². The molecule has 8 nitrogen and oxygen atoms in total. The molecule has 0 aromatic carbocycles. The monoisotopic (exact) mass is 910 g/mol. The first-order valence-electron chi connectivity index (χ1n) is 25.5.